The molecule has 1 fully saturated rings. The van der Waals surface area contributed by atoms with Crippen LogP contribution in [-0.4, -0.2) is 18.8 Å². The van der Waals surface area contributed by atoms with Gasteiger partial charge >= 0.3 is 0 Å². The predicted octanol–water partition coefficient (Wildman–Crippen LogP) is 0.544. The Morgan fingerprint density at radius 1 is 1.75 bits per heavy atom. The molecule has 0 aliphatic heterocycles. The molecule has 0 aromatic rings. The van der Waals surface area contributed by atoms with Crippen LogP contribution in [0, 0.1) is 0 Å². The van der Waals surface area contributed by atoms with Crippen molar-refractivity contribution in [3.63, 3.8) is 0 Å². The fraction of sp³-hybridized carbons (Fsp3) is 1.00. The largest absolute Gasteiger partial charge is 0.377 e. The van der Waals surface area contributed by atoms with E-state index in [1.165, 1.54) is 0 Å². The molecule has 0 amide bonds. The minimum absolute atomic E-state index is 0. The number of rotatable bonds is 2. The second-order valence-corrected chi connectivity index (χ2v) is 1.89. The fourth-order valence-corrected chi connectivity index (χ4v) is 0.595. The quantitative estimate of drug-likeness (QED) is 0.603. The van der Waals surface area contributed by atoms with E-state index in [-0.39, 0.29) is 12.4 Å². The summed E-state index contributed by atoms with van der Waals surface area (Å²) < 4.78 is 5.14. The summed E-state index contributed by atoms with van der Waals surface area (Å²) in [6, 6.07) is 0.347. The van der Waals surface area contributed by atoms with E-state index in [0.717, 1.165) is 13.0 Å². The molecule has 50 valence electrons. The Balaban J connectivity index is 0.000000490. The molecule has 1 aliphatic rings. The molecule has 1 rings (SSSR count). The van der Waals surface area contributed by atoms with Crippen LogP contribution in [0.1, 0.15) is 13.3 Å². The summed E-state index contributed by atoms with van der Waals surface area (Å²) in [5.41, 5.74) is 5.43. The van der Waals surface area contributed by atoms with Crippen molar-refractivity contribution in [2.45, 2.75) is 25.5 Å². The second-order valence-electron chi connectivity index (χ2n) is 1.89. The summed E-state index contributed by atoms with van der Waals surface area (Å²) in [6.45, 7) is 2.80. The molecule has 2 nitrogen and oxygen atoms in total. The lowest BCUT2D eigenvalue weighted by Crippen LogP contribution is -2.07. The lowest BCUT2D eigenvalue weighted by atomic mass is 10.7. The predicted molar refractivity (Wildman–Crippen MR) is 35.3 cm³/mol. The van der Waals surface area contributed by atoms with Gasteiger partial charge in [0.2, 0.25) is 0 Å². The molecule has 1 aliphatic carbocycles. The van der Waals surface area contributed by atoms with Crippen molar-refractivity contribution in [1.82, 2.24) is 0 Å². The Hall–Kier alpha value is 0.210. The average molecular weight is 138 g/mol. The third kappa shape index (κ3) is 1.99. The highest BCUT2D eigenvalue weighted by atomic mass is 35.5. The van der Waals surface area contributed by atoms with Gasteiger partial charge in [0.25, 0.3) is 0 Å². The summed E-state index contributed by atoms with van der Waals surface area (Å²) in [7, 11) is 0. The standard InChI is InChI=1S/C5H11NO.ClH/c1-2-7-5-3-4(5)6;/h4-5H,2-3,6H2,1H3;1H/t4-,5+;/m0./s1. The third-order valence-corrected chi connectivity index (χ3v) is 1.16. The first-order valence-corrected chi connectivity index (χ1v) is 2.71. The molecule has 0 spiro atoms. The van der Waals surface area contributed by atoms with E-state index in [1.54, 1.807) is 0 Å². The minimum Gasteiger partial charge on any atom is -0.377 e. The van der Waals surface area contributed by atoms with Crippen LogP contribution in [0.2, 0.25) is 0 Å². The highest BCUT2D eigenvalue weighted by Crippen LogP contribution is 2.21. The van der Waals surface area contributed by atoms with Gasteiger partial charge in [-0.15, -0.1) is 12.4 Å². The molecular weight excluding hydrogens is 126 g/mol. The second kappa shape index (κ2) is 3.28. The van der Waals surface area contributed by atoms with Gasteiger partial charge in [-0.2, -0.15) is 0 Å². The van der Waals surface area contributed by atoms with Crippen LogP contribution in [0.15, 0.2) is 0 Å². The van der Waals surface area contributed by atoms with Gasteiger partial charge in [0.15, 0.2) is 0 Å². The molecule has 3 heteroatoms. The van der Waals surface area contributed by atoms with Crippen LogP contribution >= 0.6 is 12.4 Å². The van der Waals surface area contributed by atoms with Crippen LogP contribution in [0.25, 0.3) is 0 Å². The molecule has 0 saturated heterocycles. The maximum Gasteiger partial charge on any atom is 0.0742 e. The maximum absolute atomic E-state index is 5.43. The SMILES string of the molecule is CCO[C@@H]1C[C@@H]1N.Cl. The van der Waals surface area contributed by atoms with Gasteiger partial charge in [0.1, 0.15) is 0 Å². The summed E-state index contributed by atoms with van der Waals surface area (Å²) in [5.74, 6) is 0. The molecule has 1 saturated carbocycles. The average Bonchev–Trinajstić information content (AvgIpc) is 2.22. The molecule has 2 N–H and O–H groups in total. The van der Waals surface area contributed by atoms with Crippen molar-refractivity contribution >= 4 is 12.4 Å². The van der Waals surface area contributed by atoms with Crippen molar-refractivity contribution in [3.05, 3.63) is 0 Å². The van der Waals surface area contributed by atoms with Crippen LogP contribution in [-0.2, 0) is 4.74 Å². The van der Waals surface area contributed by atoms with Gasteiger partial charge in [-0.05, 0) is 13.3 Å². The van der Waals surface area contributed by atoms with Crippen LogP contribution in [0.3, 0.4) is 0 Å². The number of nitrogens with two attached hydrogens (primary N) is 1. The molecule has 0 aromatic heterocycles. The topological polar surface area (TPSA) is 35.2 Å². The highest BCUT2D eigenvalue weighted by Gasteiger charge is 2.33. The molecule has 0 heterocycles. The first-order chi connectivity index (χ1) is 3.34. The number of hydrogen-bond donors (Lipinski definition) is 1. The zero-order chi connectivity index (χ0) is 5.28. The number of hydrogen-bond acceptors (Lipinski definition) is 2. The van der Waals surface area contributed by atoms with Crippen LogP contribution in [0.4, 0.5) is 0 Å². The Morgan fingerprint density at radius 2 is 2.25 bits per heavy atom. The van der Waals surface area contributed by atoms with E-state index >= 15 is 0 Å². The molecule has 0 radical (unpaired) electrons. The van der Waals surface area contributed by atoms with E-state index < -0.39 is 0 Å². The van der Waals surface area contributed by atoms with E-state index in [9.17, 15) is 0 Å². The summed E-state index contributed by atoms with van der Waals surface area (Å²) in [6.07, 6.45) is 1.46. The lowest BCUT2D eigenvalue weighted by Gasteiger charge is -1.92. The normalized spacial score (nSPS) is 33.8. The molecule has 2 atom stereocenters. The van der Waals surface area contributed by atoms with Crippen molar-refractivity contribution < 1.29 is 4.74 Å². The van der Waals surface area contributed by atoms with Gasteiger partial charge < -0.3 is 10.5 Å². The van der Waals surface area contributed by atoms with Crippen molar-refractivity contribution in [2.75, 3.05) is 6.61 Å². The zero-order valence-electron chi connectivity index (χ0n) is 4.96. The van der Waals surface area contributed by atoms with E-state index in [1.807, 2.05) is 6.92 Å². The van der Waals surface area contributed by atoms with Crippen molar-refractivity contribution in [3.8, 4) is 0 Å². The van der Waals surface area contributed by atoms with Gasteiger partial charge in [0, 0.05) is 12.6 Å². The zero-order valence-corrected chi connectivity index (χ0v) is 5.78. The highest BCUT2D eigenvalue weighted by molar-refractivity contribution is 5.85. The van der Waals surface area contributed by atoms with Crippen LogP contribution < -0.4 is 5.73 Å². The summed E-state index contributed by atoms with van der Waals surface area (Å²) >= 11 is 0. The first-order valence-electron chi connectivity index (χ1n) is 2.71. The molecule has 0 bridgehead atoms. The lowest BCUT2D eigenvalue weighted by molar-refractivity contribution is 0.129. The van der Waals surface area contributed by atoms with Crippen molar-refractivity contribution in [1.29, 1.82) is 0 Å². The molecular formula is C5H12ClNO. The molecule has 0 aromatic carbocycles. The summed E-state index contributed by atoms with van der Waals surface area (Å²) in [4.78, 5) is 0. The smallest absolute Gasteiger partial charge is 0.0742 e. The Labute approximate surface area is 55.8 Å². The van der Waals surface area contributed by atoms with Gasteiger partial charge in [-0.25, -0.2) is 0 Å². The number of ether oxygens (including phenoxy) is 1. The Bertz CT molecular complexity index is 69.4. The molecule has 8 heavy (non-hydrogen) atoms. The minimum atomic E-state index is 0. The van der Waals surface area contributed by atoms with Gasteiger partial charge in [-0.3, -0.25) is 0 Å². The maximum atomic E-state index is 5.43. The monoisotopic (exact) mass is 137 g/mol. The van der Waals surface area contributed by atoms with Crippen LogP contribution in [0.5, 0.6) is 0 Å². The molecule has 0 unspecified atom stereocenters. The van der Waals surface area contributed by atoms with E-state index in [4.69, 9.17) is 10.5 Å². The number of halogens is 1. The van der Waals surface area contributed by atoms with E-state index in [2.05, 4.69) is 0 Å². The van der Waals surface area contributed by atoms with E-state index in [0.29, 0.717) is 12.1 Å². The van der Waals surface area contributed by atoms with Gasteiger partial charge in [-0.1, -0.05) is 0 Å². The third-order valence-electron chi connectivity index (χ3n) is 1.16. The van der Waals surface area contributed by atoms with Gasteiger partial charge in [0.05, 0.1) is 6.10 Å². The summed E-state index contributed by atoms with van der Waals surface area (Å²) in [5, 5.41) is 0. The first kappa shape index (κ1) is 8.21. The van der Waals surface area contributed by atoms with Crippen molar-refractivity contribution in [2.24, 2.45) is 5.73 Å². The fourth-order valence-electron chi connectivity index (χ4n) is 0.595. The Kier molecular flexibility index (Phi) is 3.36. The Morgan fingerprint density at radius 3 is 2.38 bits per heavy atom.